The number of rotatable bonds is 4. The highest BCUT2D eigenvalue weighted by atomic mass is 16.5. The lowest BCUT2D eigenvalue weighted by molar-refractivity contribution is 0.102. The molecule has 5 heteroatoms. The van der Waals surface area contributed by atoms with Crippen molar-refractivity contribution in [2.45, 2.75) is 6.92 Å². The van der Waals surface area contributed by atoms with Crippen molar-refractivity contribution < 1.29 is 9.53 Å². The number of ether oxygens (including phenoxy) is 1. The van der Waals surface area contributed by atoms with Gasteiger partial charge in [0, 0.05) is 22.0 Å². The second-order valence-electron chi connectivity index (χ2n) is 7.56. The molecule has 0 saturated heterocycles. The maximum Gasteiger partial charge on any atom is 0.256 e. The molecule has 1 N–H and O–H groups in total. The van der Waals surface area contributed by atoms with E-state index < -0.39 is 0 Å². The first kappa shape index (κ1) is 19.7. The number of benzene rings is 3. The first-order chi connectivity index (χ1) is 15.6. The van der Waals surface area contributed by atoms with Gasteiger partial charge >= 0.3 is 0 Å². The zero-order valence-electron chi connectivity index (χ0n) is 17.8. The number of aromatic nitrogens is 2. The minimum Gasteiger partial charge on any atom is -0.494 e. The molecule has 0 aliphatic rings. The van der Waals surface area contributed by atoms with Crippen molar-refractivity contribution in [1.82, 2.24) is 9.97 Å². The van der Waals surface area contributed by atoms with Gasteiger partial charge in [-0.1, -0.05) is 60.7 Å². The van der Waals surface area contributed by atoms with Gasteiger partial charge in [0.2, 0.25) is 0 Å². The van der Waals surface area contributed by atoms with Crippen LogP contribution >= 0.6 is 0 Å². The van der Waals surface area contributed by atoms with E-state index in [0.29, 0.717) is 17.0 Å². The third kappa shape index (κ3) is 3.54. The van der Waals surface area contributed by atoms with E-state index in [9.17, 15) is 4.79 Å². The lowest BCUT2D eigenvalue weighted by Gasteiger charge is -2.14. The Hall–Kier alpha value is -4.25. The molecule has 0 radical (unpaired) electrons. The molecule has 5 aromatic rings. The Morgan fingerprint density at radius 3 is 2.41 bits per heavy atom. The van der Waals surface area contributed by atoms with Crippen LogP contribution in [0.2, 0.25) is 0 Å². The predicted octanol–water partition coefficient (Wildman–Crippen LogP) is 6.02. The third-order valence-electron chi connectivity index (χ3n) is 5.43. The molecule has 156 valence electrons. The van der Waals surface area contributed by atoms with Crippen LogP contribution in [0.3, 0.4) is 0 Å². The van der Waals surface area contributed by atoms with Gasteiger partial charge in [0.25, 0.3) is 5.91 Å². The van der Waals surface area contributed by atoms with Crippen LogP contribution in [0, 0.1) is 6.92 Å². The van der Waals surface area contributed by atoms with Gasteiger partial charge in [-0.3, -0.25) is 4.79 Å². The molecule has 0 fully saturated rings. The van der Waals surface area contributed by atoms with Crippen LogP contribution in [0.5, 0.6) is 5.75 Å². The fraction of sp³-hybridized carbons (Fsp3) is 0.0741. The van der Waals surface area contributed by atoms with E-state index in [1.54, 1.807) is 7.11 Å². The number of hydrogen-bond donors (Lipinski definition) is 1. The summed E-state index contributed by atoms with van der Waals surface area (Å²) in [5.41, 5.74) is 5.26. The van der Waals surface area contributed by atoms with Crippen LogP contribution in [-0.2, 0) is 0 Å². The van der Waals surface area contributed by atoms with Crippen LogP contribution in [0.4, 0.5) is 5.69 Å². The maximum atomic E-state index is 13.5. The zero-order valence-corrected chi connectivity index (χ0v) is 17.8. The molecule has 0 aliphatic carbocycles. The van der Waals surface area contributed by atoms with E-state index in [4.69, 9.17) is 9.72 Å². The molecule has 0 saturated carbocycles. The van der Waals surface area contributed by atoms with Crippen LogP contribution in [0.1, 0.15) is 16.1 Å². The topological polar surface area (TPSA) is 64.1 Å². The summed E-state index contributed by atoms with van der Waals surface area (Å²) in [6.45, 7) is 1.90. The molecule has 0 atom stereocenters. The SMILES string of the molecule is COc1cccc2c(NC(=O)c3cc(-c4ccccc4)nc4ccccc34)cc(C)nc12. The van der Waals surface area contributed by atoms with Crippen molar-refractivity contribution in [2.24, 2.45) is 0 Å². The van der Waals surface area contributed by atoms with Crippen molar-refractivity contribution in [2.75, 3.05) is 12.4 Å². The van der Waals surface area contributed by atoms with E-state index >= 15 is 0 Å². The summed E-state index contributed by atoms with van der Waals surface area (Å²) in [5, 5.41) is 4.73. The van der Waals surface area contributed by atoms with Gasteiger partial charge in [0.05, 0.1) is 29.6 Å². The Bertz CT molecular complexity index is 1460. The molecule has 0 bridgehead atoms. The quantitative estimate of drug-likeness (QED) is 0.387. The van der Waals surface area contributed by atoms with Crippen LogP contribution in [-0.4, -0.2) is 23.0 Å². The van der Waals surface area contributed by atoms with Gasteiger partial charge in [-0.05, 0) is 31.2 Å². The summed E-state index contributed by atoms with van der Waals surface area (Å²) in [5.74, 6) is 0.470. The summed E-state index contributed by atoms with van der Waals surface area (Å²) >= 11 is 0. The van der Waals surface area contributed by atoms with Crippen LogP contribution < -0.4 is 10.1 Å². The summed E-state index contributed by atoms with van der Waals surface area (Å²) in [6.07, 6.45) is 0. The molecule has 5 nitrogen and oxygen atoms in total. The molecule has 0 unspecified atom stereocenters. The largest absolute Gasteiger partial charge is 0.494 e. The number of para-hydroxylation sites is 2. The molecule has 0 spiro atoms. The van der Waals surface area contributed by atoms with E-state index in [-0.39, 0.29) is 5.91 Å². The number of methoxy groups -OCH3 is 1. The minimum absolute atomic E-state index is 0.199. The second kappa shape index (κ2) is 8.12. The Morgan fingerprint density at radius 2 is 1.59 bits per heavy atom. The number of nitrogens with one attached hydrogen (secondary N) is 1. The maximum absolute atomic E-state index is 13.5. The Labute approximate surface area is 185 Å². The van der Waals surface area contributed by atoms with Crippen LogP contribution in [0.15, 0.2) is 84.9 Å². The van der Waals surface area contributed by atoms with Crippen molar-refractivity contribution in [3.05, 3.63) is 96.2 Å². The van der Waals surface area contributed by atoms with E-state index in [2.05, 4.69) is 10.3 Å². The Balaban J connectivity index is 1.63. The molecule has 3 aromatic carbocycles. The van der Waals surface area contributed by atoms with E-state index in [1.807, 2.05) is 91.9 Å². The monoisotopic (exact) mass is 419 g/mol. The van der Waals surface area contributed by atoms with Gasteiger partial charge in [-0.25, -0.2) is 9.97 Å². The number of amides is 1. The zero-order chi connectivity index (χ0) is 22.1. The van der Waals surface area contributed by atoms with Crippen molar-refractivity contribution in [3.8, 4) is 17.0 Å². The van der Waals surface area contributed by atoms with Crippen molar-refractivity contribution in [1.29, 1.82) is 0 Å². The Kier molecular flexibility index (Phi) is 5.00. The number of pyridine rings is 2. The summed E-state index contributed by atoms with van der Waals surface area (Å²) in [7, 11) is 1.62. The van der Waals surface area contributed by atoms with Gasteiger partial charge in [0.1, 0.15) is 11.3 Å². The molecular weight excluding hydrogens is 398 g/mol. The first-order valence-electron chi connectivity index (χ1n) is 10.3. The molecule has 2 heterocycles. The highest BCUT2D eigenvalue weighted by molar-refractivity contribution is 6.15. The standard InChI is InChI=1S/C27H21N3O2/c1-17-15-24(20-12-8-14-25(32-2)26(20)28-17)30-27(31)21-16-23(18-9-4-3-5-10-18)29-22-13-7-6-11-19(21)22/h3-16H,1-2H3,(H,28,30,31). The average molecular weight is 419 g/mol. The smallest absolute Gasteiger partial charge is 0.256 e. The normalized spacial score (nSPS) is 10.9. The molecule has 2 aromatic heterocycles. The number of fused-ring (bicyclic) bond motifs is 2. The molecule has 32 heavy (non-hydrogen) atoms. The van der Waals surface area contributed by atoms with Gasteiger partial charge < -0.3 is 10.1 Å². The first-order valence-corrected chi connectivity index (χ1v) is 10.3. The van der Waals surface area contributed by atoms with E-state index in [1.165, 1.54) is 0 Å². The van der Waals surface area contributed by atoms with Crippen molar-refractivity contribution in [3.63, 3.8) is 0 Å². The number of anilines is 1. The number of carbonyl (C=O) groups excluding carboxylic acids is 1. The molecular formula is C27H21N3O2. The number of carbonyl (C=O) groups is 1. The van der Waals surface area contributed by atoms with Gasteiger partial charge in [-0.15, -0.1) is 0 Å². The van der Waals surface area contributed by atoms with Crippen molar-refractivity contribution >= 4 is 33.4 Å². The summed E-state index contributed by atoms with van der Waals surface area (Å²) < 4.78 is 5.47. The number of aryl methyl sites for hydroxylation is 1. The fourth-order valence-electron chi connectivity index (χ4n) is 3.93. The lowest BCUT2D eigenvalue weighted by atomic mass is 10.0. The fourth-order valence-corrected chi connectivity index (χ4v) is 3.93. The number of nitrogens with zero attached hydrogens (tertiary/aromatic N) is 2. The highest BCUT2D eigenvalue weighted by Gasteiger charge is 2.16. The molecule has 1 amide bonds. The Morgan fingerprint density at radius 1 is 0.844 bits per heavy atom. The van der Waals surface area contributed by atoms with Crippen LogP contribution in [0.25, 0.3) is 33.1 Å². The second-order valence-corrected chi connectivity index (χ2v) is 7.56. The van der Waals surface area contributed by atoms with Gasteiger partial charge in [-0.2, -0.15) is 0 Å². The minimum atomic E-state index is -0.199. The number of hydrogen-bond acceptors (Lipinski definition) is 4. The van der Waals surface area contributed by atoms with E-state index in [0.717, 1.165) is 38.8 Å². The summed E-state index contributed by atoms with van der Waals surface area (Å²) in [6, 6.07) is 27.0. The average Bonchev–Trinajstić information content (AvgIpc) is 2.83. The third-order valence-corrected chi connectivity index (χ3v) is 5.43. The lowest BCUT2D eigenvalue weighted by Crippen LogP contribution is -2.14. The molecule has 0 aliphatic heterocycles. The highest BCUT2D eigenvalue weighted by Crippen LogP contribution is 2.31. The summed E-state index contributed by atoms with van der Waals surface area (Å²) in [4.78, 5) is 22.9. The molecule has 5 rings (SSSR count). The van der Waals surface area contributed by atoms with Gasteiger partial charge in [0.15, 0.2) is 0 Å². The predicted molar refractivity (Wildman–Crippen MR) is 128 cm³/mol.